The predicted octanol–water partition coefficient (Wildman–Crippen LogP) is 2.37. The Morgan fingerprint density at radius 1 is 1.38 bits per heavy atom. The van der Waals surface area contributed by atoms with E-state index in [0.29, 0.717) is 18.8 Å². The van der Waals surface area contributed by atoms with Crippen molar-refractivity contribution in [1.29, 1.82) is 0 Å². The maximum Gasteiger partial charge on any atom is 0.248 e. The van der Waals surface area contributed by atoms with Crippen LogP contribution < -0.4 is 5.32 Å². The predicted molar refractivity (Wildman–Crippen MR) is 81.8 cm³/mol. The van der Waals surface area contributed by atoms with Crippen molar-refractivity contribution in [2.45, 2.75) is 46.6 Å². The molecule has 0 aromatic carbocycles. The van der Waals surface area contributed by atoms with Gasteiger partial charge in [-0.05, 0) is 37.5 Å². The van der Waals surface area contributed by atoms with Gasteiger partial charge in [0, 0.05) is 18.2 Å². The van der Waals surface area contributed by atoms with Crippen molar-refractivity contribution >= 4 is 17.6 Å². The quantitative estimate of drug-likeness (QED) is 0.909. The smallest absolute Gasteiger partial charge is 0.248 e. The Morgan fingerprint density at radius 2 is 2.10 bits per heavy atom. The number of anilines is 1. The SMILES string of the molecule is Cc1ccnc(NC(=O)[C@@H]2CCCN2C(=O)C(C)(C)C)c1. The number of carbonyl (C=O) groups excluding carboxylic acids is 2. The molecule has 0 saturated carbocycles. The first-order valence-electron chi connectivity index (χ1n) is 7.33. The summed E-state index contributed by atoms with van der Waals surface area (Å²) in [7, 11) is 0. The molecule has 2 amide bonds. The van der Waals surface area contributed by atoms with Crippen LogP contribution in [0.15, 0.2) is 18.3 Å². The summed E-state index contributed by atoms with van der Waals surface area (Å²) in [5.74, 6) is 0.413. The van der Waals surface area contributed by atoms with Gasteiger partial charge in [0.1, 0.15) is 11.9 Å². The normalized spacial score (nSPS) is 18.7. The second-order valence-electron chi connectivity index (χ2n) is 6.61. The molecule has 1 fully saturated rings. The van der Waals surface area contributed by atoms with Gasteiger partial charge >= 0.3 is 0 Å². The highest BCUT2D eigenvalue weighted by Gasteiger charge is 2.38. The molecule has 5 heteroatoms. The number of carbonyl (C=O) groups is 2. The van der Waals surface area contributed by atoms with Crippen molar-refractivity contribution in [3.63, 3.8) is 0 Å². The van der Waals surface area contributed by atoms with Gasteiger partial charge in [-0.15, -0.1) is 0 Å². The van der Waals surface area contributed by atoms with Crippen LogP contribution in [0, 0.1) is 12.3 Å². The Bertz CT molecular complexity index is 549. The van der Waals surface area contributed by atoms with E-state index >= 15 is 0 Å². The molecule has 1 aliphatic rings. The minimum absolute atomic E-state index is 0.0253. The van der Waals surface area contributed by atoms with Gasteiger partial charge in [0.2, 0.25) is 11.8 Å². The zero-order valence-electron chi connectivity index (χ0n) is 13.1. The third-order valence-corrected chi connectivity index (χ3v) is 3.62. The lowest BCUT2D eigenvalue weighted by Gasteiger charge is -2.30. The van der Waals surface area contributed by atoms with Crippen LogP contribution in [0.5, 0.6) is 0 Å². The fraction of sp³-hybridized carbons (Fsp3) is 0.562. The van der Waals surface area contributed by atoms with E-state index in [1.807, 2.05) is 39.8 Å². The zero-order valence-corrected chi connectivity index (χ0v) is 13.1. The number of nitrogens with one attached hydrogen (secondary N) is 1. The maximum atomic E-state index is 12.4. The van der Waals surface area contributed by atoms with E-state index in [-0.39, 0.29) is 17.9 Å². The monoisotopic (exact) mass is 289 g/mol. The average molecular weight is 289 g/mol. The molecule has 2 rings (SSSR count). The van der Waals surface area contributed by atoms with Gasteiger partial charge in [0.05, 0.1) is 0 Å². The van der Waals surface area contributed by atoms with Crippen LogP contribution in [0.1, 0.15) is 39.2 Å². The Kier molecular flexibility index (Phi) is 4.30. The summed E-state index contributed by atoms with van der Waals surface area (Å²) < 4.78 is 0. The number of amides is 2. The Labute approximate surface area is 125 Å². The number of hydrogen-bond donors (Lipinski definition) is 1. The van der Waals surface area contributed by atoms with Crippen molar-refractivity contribution in [3.8, 4) is 0 Å². The molecule has 114 valence electrons. The minimum atomic E-state index is -0.468. The van der Waals surface area contributed by atoms with E-state index in [2.05, 4.69) is 10.3 Å². The van der Waals surface area contributed by atoms with Crippen molar-refractivity contribution in [3.05, 3.63) is 23.9 Å². The largest absolute Gasteiger partial charge is 0.330 e. The lowest BCUT2D eigenvalue weighted by Crippen LogP contribution is -2.47. The first-order chi connectivity index (χ1) is 9.79. The lowest BCUT2D eigenvalue weighted by atomic mass is 9.94. The first-order valence-corrected chi connectivity index (χ1v) is 7.33. The molecule has 1 saturated heterocycles. The Morgan fingerprint density at radius 3 is 2.71 bits per heavy atom. The van der Waals surface area contributed by atoms with Crippen molar-refractivity contribution in [2.24, 2.45) is 5.41 Å². The van der Waals surface area contributed by atoms with Crippen molar-refractivity contribution in [2.75, 3.05) is 11.9 Å². The van der Waals surface area contributed by atoms with Gasteiger partial charge in [-0.1, -0.05) is 20.8 Å². The number of nitrogens with zero attached hydrogens (tertiary/aromatic N) is 2. The highest BCUT2D eigenvalue weighted by molar-refractivity contribution is 5.97. The summed E-state index contributed by atoms with van der Waals surface area (Å²) in [6.07, 6.45) is 3.23. The maximum absolute atomic E-state index is 12.4. The van der Waals surface area contributed by atoms with Crippen LogP contribution in [0.2, 0.25) is 0 Å². The van der Waals surface area contributed by atoms with Crippen LogP contribution in [0.25, 0.3) is 0 Å². The molecule has 1 aromatic heterocycles. The minimum Gasteiger partial charge on any atom is -0.330 e. The number of hydrogen-bond acceptors (Lipinski definition) is 3. The van der Waals surface area contributed by atoms with Gasteiger partial charge in [0.15, 0.2) is 0 Å². The Hall–Kier alpha value is -1.91. The van der Waals surface area contributed by atoms with Crippen molar-refractivity contribution < 1.29 is 9.59 Å². The fourth-order valence-corrected chi connectivity index (χ4v) is 2.53. The highest BCUT2D eigenvalue weighted by Crippen LogP contribution is 2.26. The highest BCUT2D eigenvalue weighted by atomic mass is 16.2. The van der Waals surface area contributed by atoms with Gasteiger partial charge in [-0.25, -0.2) is 4.98 Å². The summed E-state index contributed by atoms with van der Waals surface area (Å²) in [5, 5.41) is 2.82. The molecule has 2 heterocycles. The molecule has 0 radical (unpaired) electrons. The average Bonchev–Trinajstić information content (AvgIpc) is 2.85. The molecule has 1 aliphatic heterocycles. The number of pyridine rings is 1. The van der Waals surface area contributed by atoms with Crippen molar-refractivity contribution in [1.82, 2.24) is 9.88 Å². The molecule has 0 aliphatic carbocycles. The first kappa shape index (κ1) is 15.5. The summed E-state index contributed by atoms with van der Waals surface area (Å²) in [5.41, 5.74) is 0.569. The van der Waals surface area contributed by atoms with Crippen LogP contribution >= 0.6 is 0 Å². The van der Waals surface area contributed by atoms with E-state index in [9.17, 15) is 9.59 Å². The third kappa shape index (κ3) is 3.60. The third-order valence-electron chi connectivity index (χ3n) is 3.62. The van der Waals surface area contributed by atoms with Crippen LogP contribution in [-0.2, 0) is 9.59 Å². The van der Waals surface area contributed by atoms with E-state index in [1.54, 1.807) is 11.1 Å². The molecule has 1 N–H and O–H groups in total. The molecular formula is C16H23N3O2. The van der Waals surface area contributed by atoms with E-state index in [0.717, 1.165) is 12.0 Å². The number of aromatic nitrogens is 1. The molecule has 0 unspecified atom stereocenters. The molecule has 5 nitrogen and oxygen atoms in total. The molecular weight excluding hydrogens is 266 g/mol. The second-order valence-corrected chi connectivity index (χ2v) is 6.61. The lowest BCUT2D eigenvalue weighted by molar-refractivity contribution is -0.143. The Balaban J connectivity index is 2.09. The topological polar surface area (TPSA) is 62.3 Å². The van der Waals surface area contributed by atoms with Gasteiger partial charge in [-0.2, -0.15) is 0 Å². The van der Waals surface area contributed by atoms with Crippen LogP contribution in [0.3, 0.4) is 0 Å². The van der Waals surface area contributed by atoms with E-state index in [4.69, 9.17) is 0 Å². The number of aryl methyl sites for hydroxylation is 1. The van der Waals surface area contributed by atoms with Gasteiger partial charge in [-0.3, -0.25) is 9.59 Å². The fourth-order valence-electron chi connectivity index (χ4n) is 2.53. The summed E-state index contributed by atoms with van der Waals surface area (Å²) in [6, 6.07) is 3.31. The van der Waals surface area contributed by atoms with E-state index < -0.39 is 5.41 Å². The number of likely N-dealkylation sites (tertiary alicyclic amines) is 1. The molecule has 1 atom stereocenters. The second kappa shape index (κ2) is 5.84. The summed E-state index contributed by atoms with van der Waals surface area (Å²) in [4.78, 5) is 30.7. The van der Waals surface area contributed by atoms with E-state index in [1.165, 1.54) is 0 Å². The summed E-state index contributed by atoms with van der Waals surface area (Å²) >= 11 is 0. The van der Waals surface area contributed by atoms with Gasteiger partial charge < -0.3 is 10.2 Å². The molecule has 1 aromatic rings. The standard InChI is InChI=1S/C16H23N3O2/c1-11-7-8-17-13(10-11)18-14(20)12-6-5-9-19(12)15(21)16(2,3)4/h7-8,10,12H,5-6,9H2,1-4H3,(H,17,18,20)/t12-/m0/s1. The molecule has 21 heavy (non-hydrogen) atoms. The summed E-state index contributed by atoms with van der Waals surface area (Å²) in [6.45, 7) is 8.23. The number of rotatable bonds is 2. The zero-order chi connectivity index (χ0) is 15.6. The van der Waals surface area contributed by atoms with Gasteiger partial charge in [0.25, 0.3) is 0 Å². The molecule has 0 spiro atoms. The van der Waals surface area contributed by atoms with Crippen LogP contribution in [0.4, 0.5) is 5.82 Å². The molecule has 0 bridgehead atoms. The van der Waals surface area contributed by atoms with Crippen LogP contribution in [-0.4, -0.2) is 34.3 Å².